The molecule has 0 unspecified atom stereocenters. The molecule has 1 aliphatic heterocycles. The molecule has 19 heavy (non-hydrogen) atoms. The van der Waals surface area contributed by atoms with Gasteiger partial charge in [0.1, 0.15) is 10.3 Å². The van der Waals surface area contributed by atoms with Gasteiger partial charge in [-0.2, -0.15) is 0 Å². The van der Waals surface area contributed by atoms with Crippen LogP contribution in [0.15, 0.2) is 12.1 Å². The van der Waals surface area contributed by atoms with Crippen LogP contribution in [-0.2, 0) is 0 Å². The molecule has 2 aromatic rings. The number of halogens is 3. The van der Waals surface area contributed by atoms with E-state index in [1.165, 1.54) is 0 Å². The smallest absolute Gasteiger partial charge is 0.231 e. The molecule has 0 atom stereocenters. The van der Waals surface area contributed by atoms with E-state index in [9.17, 15) is 0 Å². The van der Waals surface area contributed by atoms with E-state index in [-0.39, 0.29) is 6.79 Å². The van der Waals surface area contributed by atoms with Gasteiger partial charge in [-0.3, -0.25) is 0 Å². The summed E-state index contributed by atoms with van der Waals surface area (Å²) in [6.07, 6.45) is 0. The van der Waals surface area contributed by atoms with Crippen LogP contribution in [0.4, 0.5) is 0 Å². The Morgan fingerprint density at radius 2 is 1.74 bits per heavy atom. The molecule has 0 aliphatic carbocycles. The Kier molecular flexibility index (Phi) is 3.17. The third-order valence-corrected chi connectivity index (χ3v) is 3.73. The maximum atomic E-state index is 6.11. The summed E-state index contributed by atoms with van der Waals surface area (Å²) in [7, 11) is 0. The van der Waals surface area contributed by atoms with Gasteiger partial charge < -0.3 is 9.47 Å². The molecule has 0 fully saturated rings. The maximum Gasteiger partial charge on any atom is 0.231 e. The molecule has 0 spiro atoms. The molecule has 0 saturated carbocycles. The van der Waals surface area contributed by atoms with Gasteiger partial charge in [-0.25, -0.2) is 9.97 Å². The minimum atomic E-state index is 0.148. The highest BCUT2D eigenvalue weighted by atomic mass is 35.5. The van der Waals surface area contributed by atoms with Crippen molar-refractivity contribution >= 4 is 34.8 Å². The quantitative estimate of drug-likeness (QED) is 0.741. The molecule has 2 heterocycles. The Bertz CT molecular complexity index is 653. The number of nitrogens with zero attached hydrogens (tertiary/aromatic N) is 2. The van der Waals surface area contributed by atoms with Crippen molar-refractivity contribution in [2.75, 3.05) is 6.79 Å². The molecular formula is C12H7Cl3N2O2. The summed E-state index contributed by atoms with van der Waals surface area (Å²) >= 11 is 18.1. The summed E-state index contributed by atoms with van der Waals surface area (Å²) in [6.45, 7) is 1.90. The van der Waals surface area contributed by atoms with Crippen molar-refractivity contribution in [2.45, 2.75) is 6.92 Å². The van der Waals surface area contributed by atoms with Gasteiger partial charge in [-0.1, -0.05) is 34.8 Å². The van der Waals surface area contributed by atoms with E-state index in [0.29, 0.717) is 43.8 Å². The van der Waals surface area contributed by atoms with Crippen molar-refractivity contribution in [3.63, 3.8) is 0 Å². The number of benzene rings is 1. The monoisotopic (exact) mass is 316 g/mol. The van der Waals surface area contributed by atoms with Gasteiger partial charge in [0.25, 0.3) is 0 Å². The van der Waals surface area contributed by atoms with Crippen molar-refractivity contribution in [3.05, 3.63) is 33.0 Å². The molecule has 1 aliphatic rings. The lowest BCUT2D eigenvalue weighted by Gasteiger charge is -2.06. The molecular weight excluding hydrogens is 311 g/mol. The van der Waals surface area contributed by atoms with E-state index in [1.54, 1.807) is 19.1 Å². The van der Waals surface area contributed by atoms with Crippen molar-refractivity contribution in [1.82, 2.24) is 9.97 Å². The lowest BCUT2D eigenvalue weighted by atomic mass is 10.2. The highest BCUT2D eigenvalue weighted by molar-refractivity contribution is 6.34. The largest absolute Gasteiger partial charge is 0.454 e. The average molecular weight is 318 g/mol. The Hall–Kier alpha value is -1.23. The predicted molar refractivity (Wildman–Crippen MR) is 73.4 cm³/mol. The van der Waals surface area contributed by atoms with Gasteiger partial charge in [-0.15, -0.1) is 0 Å². The summed E-state index contributed by atoms with van der Waals surface area (Å²) in [5.41, 5.74) is 1.30. The second kappa shape index (κ2) is 4.71. The van der Waals surface area contributed by atoms with Gasteiger partial charge in [0.2, 0.25) is 6.79 Å². The molecule has 1 aromatic heterocycles. The standard InChI is InChI=1S/C12H7Cl3N2O2/c1-5-10(14)16-12(17-11(5)15)6-2-7(13)9-8(3-6)18-4-19-9/h2-3H,4H2,1H3. The van der Waals surface area contributed by atoms with Gasteiger partial charge in [0, 0.05) is 11.1 Å². The minimum absolute atomic E-state index is 0.148. The first kappa shape index (κ1) is 12.8. The fraction of sp³-hybridized carbons (Fsp3) is 0.167. The molecule has 0 radical (unpaired) electrons. The van der Waals surface area contributed by atoms with Crippen molar-refractivity contribution in [3.8, 4) is 22.9 Å². The zero-order chi connectivity index (χ0) is 13.6. The van der Waals surface area contributed by atoms with E-state index in [2.05, 4.69) is 9.97 Å². The average Bonchev–Trinajstić information content (AvgIpc) is 2.84. The van der Waals surface area contributed by atoms with Crippen LogP contribution in [0.1, 0.15) is 5.56 Å². The highest BCUT2D eigenvalue weighted by Gasteiger charge is 2.20. The van der Waals surface area contributed by atoms with Crippen LogP contribution in [0.3, 0.4) is 0 Å². The third-order valence-electron chi connectivity index (χ3n) is 2.71. The summed E-state index contributed by atoms with van der Waals surface area (Å²) < 4.78 is 10.5. The van der Waals surface area contributed by atoms with Gasteiger partial charge in [-0.05, 0) is 19.1 Å². The lowest BCUT2D eigenvalue weighted by molar-refractivity contribution is 0.174. The zero-order valence-electron chi connectivity index (χ0n) is 9.71. The zero-order valence-corrected chi connectivity index (χ0v) is 12.0. The third kappa shape index (κ3) is 2.20. The summed E-state index contributed by atoms with van der Waals surface area (Å²) in [5, 5.41) is 1.05. The molecule has 0 amide bonds. The Morgan fingerprint density at radius 1 is 1.05 bits per heavy atom. The van der Waals surface area contributed by atoms with Crippen LogP contribution in [0, 0.1) is 6.92 Å². The maximum absolute atomic E-state index is 6.11. The van der Waals surface area contributed by atoms with E-state index in [4.69, 9.17) is 44.3 Å². The topological polar surface area (TPSA) is 44.2 Å². The van der Waals surface area contributed by atoms with E-state index >= 15 is 0 Å². The fourth-order valence-corrected chi connectivity index (χ4v) is 2.34. The molecule has 0 saturated heterocycles. The molecule has 4 nitrogen and oxygen atoms in total. The van der Waals surface area contributed by atoms with Crippen molar-refractivity contribution in [2.24, 2.45) is 0 Å². The number of hydrogen-bond donors (Lipinski definition) is 0. The van der Waals surface area contributed by atoms with E-state index < -0.39 is 0 Å². The van der Waals surface area contributed by atoms with Crippen LogP contribution >= 0.6 is 34.8 Å². The fourth-order valence-electron chi connectivity index (χ4n) is 1.69. The van der Waals surface area contributed by atoms with Crippen molar-refractivity contribution in [1.29, 1.82) is 0 Å². The summed E-state index contributed by atoms with van der Waals surface area (Å²) in [6, 6.07) is 3.43. The number of fused-ring (bicyclic) bond motifs is 1. The lowest BCUT2D eigenvalue weighted by Crippen LogP contribution is -1.94. The molecule has 0 N–H and O–H groups in total. The number of rotatable bonds is 1. The van der Waals surface area contributed by atoms with Gasteiger partial charge in [0.15, 0.2) is 17.3 Å². The number of ether oxygens (including phenoxy) is 2. The predicted octanol–water partition coefficient (Wildman–Crippen LogP) is 4.14. The minimum Gasteiger partial charge on any atom is -0.454 e. The molecule has 1 aromatic carbocycles. The Morgan fingerprint density at radius 3 is 2.42 bits per heavy atom. The Balaban J connectivity index is 2.15. The Labute approximate surface area is 124 Å². The first-order chi connectivity index (χ1) is 9.06. The molecule has 0 bridgehead atoms. The molecule has 98 valence electrons. The summed E-state index contributed by atoms with van der Waals surface area (Å²) in [4.78, 5) is 8.37. The van der Waals surface area contributed by atoms with E-state index in [1.807, 2.05) is 0 Å². The van der Waals surface area contributed by atoms with Crippen LogP contribution in [0.2, 0.25) is 15.3 Å². The van der Waals surface area contributed by atoms with Gasteiger partial charge >= 0.3 is 0 Å². The van der Waals surface area contributed by atoms with Crippen molar-refractivity contribution < 1.29 is 9.47 Å². The van der Waals surface area contributed by atoms with E-state index in [0.717, 1.165) is 0 Å². The highest BCUT2D eigenvalue weighted by Crippen LogP contribution is 2.42. The number of aromatic nitrogens is 2. The second-order valence-corrected chi connectivity index (χ2v) is 5.07. The second-order valence-electron chi connectivity index (χ2n) is 3.95. The van der Waals surface area contributed by atoms with Crippen LogP contribution in [0.25, 0.3) is 11.4 Å². The first-order valence-electron chi connectivity index (χ1n) is 5.35. The van der Waals surface area contributed by atoms with Crippen LogP contribution < -0.4 is 9.47 Å². The number of hydrogen-bond acceptors (Lipinski definition) is 4. The molecule has 3 rings (SSSR count). The van der Waals surface area contributed by atoms with Gasteiger partial charge in [0.05, 0.1) is 5.02 Å². The SMILES string of the molecule is Cc1c(Cl)nc(-c2cc(Cl)c3c(c2)OCO3)nc1Cl. The first-order valence-corrected chi connectivity index (χ1v) is 6.49. The molecule has 7 heteroatoms. The summed E-state index contributed by atoms with van der Waals surface area (Å²) in [5.74, 6) is 1.47. The van der Waals surface area contributed by atoms with Crippen LogP contribution in [-0.4, -0.2) is 16.8 Å². The van der Waals surface area contributed by atoms with Crippen LogP contribution in [0.5, 0.6) is 11.5 Å². The normalized spacial score (nSPS) is 12.8.